The molecular weight excluding hydrogens is 294 g/mol. The highest BCUT2D eigenvalue weighted by atomic mass is 32.1. The lowest BCUT2D eigenvalue weighted by Crippen LogP contribution is -2.38. The molecule has 2 N–H and O–H groups in total. The topological polar surface area (TPSA) is 45.7 Å². The summed E-state index contributed by atoms with van der Waals surface area (Å²) in [5.74, 6) is 0.895. The first-order chi connectivity index (χ1) is 10.9. The second kappa shape index (κ2) is 10.6. The van der Waals surface area contributed by atoms with Crippen LogP contribution in [-0.4, -0.2) is 31.8 Å². The highest BCUT2D eigenvalue weighted by Crippen LogP contribution is 2.20. The van der Waals surface area contributed by atoms with Gasteiger partial charge in [0.15, 0.2) is 5.96 Å². The van der Waals surface area contributed by atoms with Crippen LogP contribution in [0, 0.1) is 0 Å². The van der Waals surface area contributed by atoms with Crippen molar-refractivity contribution in [1.29, 1.82) is 0 Å². The molecule has 1 saturated carbocycles. The van der Waals surface area contributed by atoms with Crippen molar-refractivity contribution in [1.82, 2.24) is 10.6 Å². The average molecular weight is 324 g/mol. The number of nitrogens with one attached hydrogen (secondary N) is 2. The molecule has 0 saturated heterocycles. The summed E-state index contributed by atoms with van der Waals surface area (Å²) in [6, 6.07) is 2.12. The zero-order valence-corrected chi connectivity index (χ0v) is 14.5. The first kappa shape index (κ1) is 17.3. The second-order valence-electron chi connectivity index (χ2n) is 5.74. The smallest absolute Gasteiger partial charge is 0.191 e. The van der Waals surface area contributed by atoms with Crippen LogP contribution in [0.5, 0.6) is 0 Å². The summed E-state index contributed by atoms with van der Waals surface area (Å²) in [7, 11) is 0. The minimum atomic E-state index is 0.509. The molecule has 2 rings (SSSR count). The van der Waals surface area contributed by atoms with Gasteiger partial charge in [0.1, 0.15) is 0 Å². The minimum Gasteiger partial charge on any atom is -0.378 e. The predicted molar refractivity (Wildman–Crippen MR) is 94.6 cm³/mol. The van der Waals surface area contributed by atoms with Gasteiger partial charge in [-0.3, -0.25) is 0 Å². The molecule has 0 radical (unpaired) electrons. The highest BCUT2D eigenvalue weighted by molar-refractivity contribution is 7.07. The van der Waals surface area contributed by atoms with E-state index in [9.17, 15) is 0 Å². The maximum Gasteiger partial charge on any atom is 0.191 e. The van der Waals surface area contributed by atoms with Crippen molar-refractivity contribution in [2.75, 3.05) is 19.7 Å². The summed E-state index contributed by atoms with van der Waals surface area (Å²) >= 11 is 1.72. The van der Waals surface area contributed by atoms with Crippen molar-refractivity contribution in [3.63, 3.8) is 0 Å². The highest BCUT2D eigenvalue weighted by Gasteiger charge is 2.12. The van der Waals surface area contributed by atoms with Gasteiger partial charge in [-0.05, 0) is 48.6 Å². The number of ether oxygens (including phenoxy) is 1. The van der Waals surface area contributed by atoms with Gasteiger partial charge in [0.2, 0.25) is 0 Å². The Morgan fingerprint density at radius 1 is 1.32 bits per heavy atom. The molecule has 0 spiro atoms. The van der Waals surface area contributed by atoms with Gasteiger partial charge in [-0.1, -0.05) is 19.3 Å². The van der Waals surface area contributed by atoms with E-state index in [1.54, 1.807) is 11.3 Å². The molecule has 4 nitrogen and oxygen atoms in total. The van der Waals surface area contributed by atoms with Crippen molar-refractivity contribution >= 4 is 17.3 Å². The van der Waals surface area contributed by atoms with Crippen LogP contribution in [0.3, 0.4) is 0 Å². The maximum atomic E-state index is 5.94. The van der Waals surface area contributed by atoms with Gasteiger partial charge in [-0.25, -0.2) is 4.99 Å². The van der Waals surface area contributed by atoms with E-state index in [1.807, 2.05) is 0 Å². The third kappa shape index (κ3) is 6.79. The quantitative estimate of drug-likeness (QED) is 0.437. The lowest BCUT2D eigenvalue weighted by Gasteiger charge is -2.22. The zero-order valence-electron chi connectivity index (χ0n) is 13.6. The van der Waals surface area contributed by atoms with Crippen LogP contribution < -0.4 is 10.6 Å². The van der Waals surface area contributed by atoms with Crippen molar-refractivity contribution in [3.8, 4) is 0 Å². The largest absolute Gasteiger partial charge is 0.378 e. The van der Waals surface area contributed by atoms with Crippen LogP contribution in [0.4, 0.5) is 0 Å². The summed E-state index contributed by atoms with van der Waals surface area (Å²) in [5.41, 5.74) is 1.27. The fourth-order valence-corrected chi connectivity index (χ4v) is 3.32. The molecule has 0 aromatic carbocycles. The molecule has 0 unspecified atom stereocenters. The van der Waals surface area contributed by atoms with E-state index in [4.69, 9.17) is 4.74 Å². The van der Waals surface area contributed by atoms with E-state index in [2.05, 4.69) is 39.4 Å². The lowest BCUT2D eigenvalue weighted by molar-refractivity contribution is 0.0277. The van der Waals surface area contributed by atoms with Gasteiger partial charge in [-0.15, -0.1) is 0 Å². The third-order valence-corrected chi connectivity index (χ3v) is 4.60. The standard InChI is InChI=1S/C17H29N3OS/c1-2-18-17(20-13-15-9-12-22-14-15)19-10-6-11-21-16-7-4-3-5-8-16/h9,12,14,16H,2-8,10-11,13H2,1H3,(H2,18,19,20). The second-order valence-corrected chi connectivity index (χ2v) is 6.52. The molecule has 5 heteroatoms. The fraction of sp³-hybridized carbons (Fsp3) is 0.706. The first-order valence-corrected chi connectivity index (χ1v) is 9.47. The minimum absolute atomic E-state index is 0.509. The van der Waals surface area contributed by atoms with Gasteiger partial charge in [0, 0.05) is 19.7 Å². The van der Waals surface area contributed by atoms with Crippen LogP contribution >= 0.6 is 11.3 Å². The average Bonchev–Trinajstić information content (AvgIpc) is 3.06. The number of nitrogens with zero attached hydrogens (tertiary/aromatic N) is 1. The summed E-state index contributed by atoms with van der Waals surface area (Å²) in [6.07, 6.45) is 8.09. The van der Waals surface area contributed by atoms with Gasteiger partial charge in [-0.2, -0.15) is 11.3 Å². The van der Waals surface area contributed by atoms with Gasteiger partial charge in [0.05, 0.1) is 12.6 Å². The number of rotatable bonds is 8. The van der Waals surface area contributed by atoms with Crippen molar-refractivity contribution < 1.29 is 4.74 Å². The molecule has 1 heterocycles. The molecule has 22 heavy (non-hydrogen) atoms. The monoisotopic (exact) mass is 323 g/mol. The van der Waals surface area contributed by atoms with Crippen LogP contribution in [0.2, 0.25) is 0 Å². The molecule has 0 aliphatic heterocycles. The normalized spacial score (nSPS) is 16.7. The van der Waals surface area contributed by atoms with Gasteiger partial charge < -0.3 is 15.4 Å². The van der Waals surface area contributed by atoms with E-state index in [0.29, 0.717) is 6.10 Å². The zero-order chi connectivity index (χ0) is 15.5. The van der Waals surface area contributed by atoms with Gasteiger partial charge in [0.25, 0.3) is 0 Å². The summed E-state index contributed by atoms with van der Waals surface area (Å²) in [4.78, 5) is 4.60. The van der Waals surface area contributed by atoms with E-state index >= 15 is 0 Å². The fourth-order valence-electron chi connectivity index (χ4n) is 2.66. The first-order valence-electron chi connectivity index (χ1n) is 8.53. The van der Waals surface area contributed by atoms with Crippen LogP contribution in [-0.2, 0) is 11.3 Å². The Hall–Kier alpha value is -1.07. The van der Waals surface area contributed by atoms with E-state index < -0.39 is 0 Å². The van der Waals surface area contributed by atoms with Crippen molar-refractivity contribution in [2.24, 2.45) is 4.99 Å². The van der Waals surface area contributed by atoms with Crippen molar-refractivity contribution in [3.05, 3.63) is 22.4 Å². The van der Waals surface area contributed by atoms with Crippen LogP contribution in [0.1, 0.15) is 51.0 Å². The maximum absolute atomic E-state index is 5.94. The Morgan fingerprint density at radius 2 is 2.18 bits per heavy atom. The molecule has 1 aliphatic carbocycles. The number of thiophene rings is 1. The SMILES string of the molecule is CCNC(=NCc1ccsc1)NCCCOC1CCCCC1. The predicted octanol–water partition coefficient (Wildman–Crippen LogP) is 3.54. The van der Waals surface area contributed by atoms with Gasteiger partial charge >= 0.3 is 0 Å². The van der Waals surface area contributed by atoms with Crippen LogP contribution in [0.25, 0.3) is 0 Å². The van der Waals surface area contributed by atoms with E-state index in [1.165, 1.54) is 37.7 Å². The Bertz CT molecular complexity index is 414. The Labute approximate surface area is 138 Å². The number of hydrogen-bond donors (Lipinski definition) is 2. The number of aliphatic imine (C=N–C) groups is 1. The molecule has 1 aromatic rings. The summed E-state index contributed by atoms with van der Waals surface area (Å²) in [5, 5.41) is 10.9. The molecule has 0 atom stereocenters. The molecule has 0 amide bonds. The molecule has 1 aliphatic rings. The molecular formula is C17H29N3OS. The molecule has 0 bridgehead atoms. The molecule has 124 valence electrons. The van der Waals surface area contributed by atoms with Crippen LogP contribution in [0.15, 0.2) is 21.8 Å². The number of hydrogen-bond acceptors (Lipinski definition) is 3. The Morgan fingerprint density at radius 3 is 2.91 bits per heavy atom. The molecule has 1 aromatic heterocycles. The Balaban J connectivity index is 1.60. The summed E-state index contributed by atoms with van der Waals surface area (Å²) < 4.78 is 5.94. The Kier molecular flexibility index (Phi) is 8.35. The van der Waals surface area contributed by atoms with E-state index in [-0.39, 0.29) is 0 Å². The van der Waals surface area contributed by atoms with E-state index in [0.717, 1.165) is 38.6 Å². The third-order valence-electron chi connectivity index (χ3n) is 3.86. The lowest BCUT2D eigenvalue weighted by atomic mass is 9.98. The van der Waals surface area contributed by atoms with Crippen molar-refractivity contribution in [2.45, 2.75) is 58.1 Å². The summed E-state index contributed by atoms with van der Waals surface area (Å²) in [6.45, 7) is 5.46. The number of guanidine groups is 1. The molecule has 1 fully saturated rings.